The van der Waals surface area contributed by atoms with E-state index in [1.165, 1.54) is 10.8 Å². The molecule has 2 aromatic rings. The number of hydrogen-bond donors (Lipinski definition) is 3. The second kappa shape index (κ2) is 10.9. The minimum absolute atomic E-state index is 0.0181. The molecule has 1 fully saturated rings. The molecule has 36 heavy (non-hydrogen) atoms. The summed E-state index contributed by atoms with van der Waals surface area (Å²) < 4.78 is 113. The molecule has 1 aromatic carbocycles. The largest absolute Gasteiger partial charge is 0.476 e. The number of carbonyl (C=O) groups is 1. The first-order valence-corrected chi connectivity index (χ1v) is 11.7. The van der Waals surface area contributed by atoms with Crippen molar-refractivity contribution >= 4 is 27.4 Å². The molecule has 1 aromatic heterocycles. The summed E-state index contributed by atoms with van der Waals surface area (Å²) in [6, 6.07) is 3.47. The van der Waals surface area contributed by atoms with Gasteiger partial charge in [-0.1, -0.05) is 6.07 Å². The zero-order valence-electron chi connectivity index (χ0n) is 18.2. The SMILES string of the molecule is O=C(Nc1cccc(C(F)(F)F)c1)Nc1cc(S(=O)(=O)NCC(F)(F)F)cnc1OCC1CCOC1. The van der Waals surface area contributed by atoms with Crippen LogP contribution in [0.4, 0.5) is 42.5 Å². The Labute approximate surface area is 201 Å². The summed E-state index contributed by atoms with van der Waals surface area (Å²) in [5.74, 6) is -0.272. The number of nitrogens with zero attached hydrogens (tertiary/aromatic N) is 1. The van der Waals surface area contributed by atoms with Crippen molar-refractivity contribution in [3.8, 4) is 5.88 Å². The van der Waals surface area contributed by atoms with Crippen molar-refractivity contribution in [1.82, 2.24) is 9.71 Å². The van der Waals surface area contributed by atoms with E-state index in [-0.39, 0.29) is 29.8 Å². The number of hydrogen-bond acceptors (Lipinski definition) is 6. The van der Waals surface area contributed by atoms with Gasteiger partial charge >= 0.3 is 18.4 Å². The van der Waals surface area contributed by atoms with Gasteiger partial charge in [-0.15, -0.1) is 0 Å². The topological polar surface area (TPSA) is 119 Å². The number of nitrogens with one attached hydrogen (secondary N) is 3. The fourth-order valence-electron chi connectivity index (χ4n) is 3.01. The number of anilines is 2. The summed E-state index contributed by atoms with van der Waals surface area (Å²) in [7, 11) is -4.68. The van der Waals surface area contributed by atoms with Gasteiger partial charge in [0.05, 0.1) is 25.0 Å². The Hall–Kier alpha value is -3.11. The molecule has 0 aliphatic carbocycles. The van der Waals surface area contributed by atoms with Crippen LogP contribution in [0.25, 0.3) is 0 Å². The predicted molar refractivity (Wildman–Crippen MR) is 114 cm³/mol. The van der Waals surface area contributed by atoms with Crippen molar-refractivity contribution in [2.75, 3.05) is 37.0 Å². The quantitative estimate of drug-likeness (QED) is 0.434. The lowest BCUT2D eigenvalue weighted by molar-refractivity contribution is -0.137. The van der Waals surface area contributed by atoms with E-state index in [0.717, 1.165) is 24.4 Å². The number of aromatic nitrogens is 1. The van der Waals surface area contributed by atoms with Crippen LogP contribution in [0.1, 0.15) is 12.0 Å². The molecule has 16 heteroatoms. The van der Waals surface area contributed by atoms with E-state index in [4.69, 9.17) is 9.47 Å². The molecule has 1 aliphatic rings. The normalized spacial score (nSPS) is 16.6. The number of ether oxygens (including phenoxy) is 2. The maximum absolute atomic E-state index is 12.9. The first-order chi connectivity index (χ1) is 16.7. The number of pyridine rings is 1. The highest BCUT2D eigenvalue weighted by Crippen LogP contribution is 2.31. The zero-order valence-corrected chi connectivity index (χ0v) is 19.1. The van der Waals surface area contributed by atoms with Gasteiger partial charge in [0.2, 0.25) is 15.9 Å². The lowest BCUT2D eigenvalue weighted by Gasteiger charge is -2.16. The van der Waals surface area contributed by atoms with Crippen LogP contribution in [-0.2, 0) is 20.9 Å². The average molecular weight is 542 g/mol. The number of rotatable bonds is 8. The third-order valence-electron chi connectivity index (χ3n) is 4.77. The molecule has 0 bridgehead atoms. The van der Waals surface area contributed by atoms with Crippen LogP contribution in [-0.4, -0.2) is 52.0 Å². The molecule has 1 unspecified atom stereocenters. The Bertz CT molecular complexity index is 1180. The van der Waals surface area contributed by atoms with E-state index in [1.54, 1.807) is 0 Å². The van der Waals surface area contributed by atoms with Gasteiger partial charge in [-0.3, -0.25) is 0 Å². The molecule has 198 valence electrons. The van der Waals surface area contributed by atoms with Gasteiger partial charge in [-0.25, -0.2) is 22.9 Å². The smallest absolute Gasteiger partial charge is 0.416 e. The highest BCUT2D eigenvalue weighted by molar-refractivity contribution is 7.89. The van der Waals surface area contributed by atoms with Crippen molar-refractivity contribution < 1.29 is 49.0 Å². The van der Waals surface area contributed by atoms with Crippen LogP contribution in [0.3, 0.4) is 0 Å². The molecule has 3 N–H and O–H groups in total. The Morgan fingerprint density at radius 1 is 1.14 bits per heavy atom. The van der Waals surface area contributed by atoms with E-state index in [9.17, 15) is 39.6 Å². The molecule has 2 amide bonds. The number of halogens is 6. The molecule has 1 saturated heterocycles. The van der Waals surface area contributed by atoms with Crippen LogP contribution in [0.2, 0.25) is 0 Å². The number of amides is 2. The standard InChI is InChI=1S/C20H20F6N4O5S/c21-19(22,23)11-28-36(32,33)15-7-16(17(27-8-15)35-10-12-4-5-34-9-12)30-18(31)29-14-3-1-2-13(6-14)20(24,25)26/h1-3,6-8,12,28H,4-5,9-11H2,(H2,29,30,31). The lowest BCUT2D eigenvalue weighted by atomic mass is 10.1. The minimum Gasteiger partial charge on any atom is -0.476 e. The van der Waals surface area contributed by atoms with E-state index < -0.39 is 45.4 Å². The first-order valence-electron chi connectivity index (χ1n) is 10.3. The van der Waals surface area contributed by atoms with Gasteiger partial charge in [0.1, 0.15) is 17.1 Å². The predicted octanol–water partition coefficient (Wildman–Crippen LogP) is 4.00. The summed E-state index contributed by atoms with van der Waals surface area (Å²) >= 11 is 0. The van der Waals surface area contributed by atoms with Gasteiger partial charge in [0.15, 0.2) is 0 Å². The number of urea groups is 1. The van der Waals surface area contributed by atoms with Crippen molar-refractivity contribution in [1.29, 1.82) is 0 Å². The summed E-state index contributed by atoms with van der Waals surface area (Å²) in [5, 5.41) is 4.38. The van der Waals surface area contributed by atoms with Crippen molar-refractivity contribution in [2.45, 2.75) is 23.7 Å². The summed E-state index contributed by atoms with van der Waals surface area (Å²) in [5.41, 5.74) is -1.58. The van der Waals surface area contributed by atoms with E-state index in [2.05, 4.69) is 15.6 Å². The second-order valence-electron chi connectivity index (χ2n) is 7.66. The fourth-order valence-corrected chi connectivity index (χ4v) is 4.00. The lowest BCUT2D eigenvalue weighted by Crippen LogP contribution is -2.34. The Morgan fingerprint density at radius 2 is 1.89 bits per heavy atom. The minimum atomic E-state index is -4.82. The third kappa shape index (κ3) is 7.96. The summed E-state index contributed by atoms with van der Waals surface area (Å²) in [4.78, 5) is 15.5. The first kappa shape index (κ1) is 27.5. The average Bonchev–Trinajstić information content (AvgIpc) is 3.30. The Kier molecular flexibility index (Phi) is 8.30. The van der Waals surface area contributed by atoms with Crippen molar-refractivity contribution in [3.05, 3.63) is 42.1 Å². The van der Waals surface area contributed by atoms with Gasteiger partial charge in [-0.05, 0) is 30.7 Å². The maximum Gasteiger partial charge on any atom is 0.416 e. The molecule has 0 radical (unpaired) electrons. The maximum atomic E-state index is 12.9. The second-order valence-corrected chi connectivity index (χ2v) is 9.43. The van der Waals surface area contributed by atoms with Gasteiger partial charge in [-0.2, -0.15) is 26.3 Å². The molecular formula is C20H20F6N4O5S. The van der Waals surface area contributed by atoms with Crippen LogP contribution in [0.5, 0.6) is 5.88 Å². The Balaban J connectivity index is 1.82. The number of alkyl halides is 6. The van der Waals surface area contributed by atoms with Crippen LogP contribution in [0.15, 0.2) is 41.4 Å². The van der Waals surface area contributed by atoms with E-state index in [1.807, 2.05) is 0 Å². The van der Waals surface area contributed by atoms with Gasteiger partial charge < -0.3 is 20.1 Å². The molecule has 1 atom stereocenters. The zero-order chi connectivity index (χ0) is 26.6. The molecule has 9 nitrogen and oxygen atoms in total. The van der Waals surface area contributed by atoms with Gasteiger partial charge in [0.25, 0.3) is 0 Å². The monoisotopic (exact) mass is 542 g/mol. The molecule has 3 rings (SSSR count). The number of sulfonamides is 1. The molecule has 1 aliphatic heterocycles. The number of benzene rings is 1. The van der Waals surface area contributed by atoms with Crippen LogP contribution in [0, 0.1) is 5.92 Å². The van der Waals surface area contributed by atoms with Gasteiger partial charge in [0, 0.05) is 18.2 Å². The number of carbonyl (C=O) groups excluding carboxylic acids is 1. The molecule has 0 saturated carbocycles. The molecule has 2 heterocycles. The summed E-state index contributed by atoms with van der Waals surface area (Å²) in [6.07, 6.45) is -8.06. The van der Waals surface area contributed by atoms with Crippen molar-refractivity contribution in [3.63, 3.8) is 0 Å². The van der Waals surface area contributed by atoms with E-state index in [0.29, 0.717) is 25.7 Å². The highest BCUT2D eigenvalue weighted by atomic mass is 32.2. The summed E-state index contributed by atoms with van der Waals surface area (Å²) in [6.45, 7) is -0.857. The highest BCUT2D eigenvalue weighted by Gasteiger charge is 2.31. The van der Waals surface area contributed by atoms with Crippen molar-refractivity contribution in [2.24, 2.45) is 5.92 Å². The van der Waals surface area contributed by atoms with Crippen LogP contribution < -0.4 is 20.1 Å². The third-order valence-corrected chi connectivity index (χ3v) is 6.14. The molecule has 0 spiro atoms. The Morgan fingerprint density at radius 3 is 2.53 bits per heavy atom. The van der Waals surface area contributed by atoms with Crippen LogP contribution >= 0.6 is 0 Å². The van der Waals surface area contributed by atoms with E-state index >= 15 is 0 Å². The molecular weight excluding hydrogens is 522 g/mol. The fraction of sp³-hybridized carbons (Fsp3) is 0.400.